The highest BCUT2D eigenvalue weighted by Crippen LogP contribution is 2.31. The average molecular weight is 236 g/mol. The van der Waals surface area contributed by atoms with Crippen LogP contribution in [-0.2, 0) is 7.05 Å². The molecule has 0 aliphatic carbocycles. The van der Waals surface area contributed by atoms with Crippen molar-refractivity contribution >= 4 is 21.7 Å². The van der Waals surface area contributed by atoms with Crippen molar-refractivity contribution in [1.82, 2.24) is 0 Å². The van der Waals surface area contributed by atoms with Gasteiger partial charge in [-0.2, -0.15) is 0 Å². The van der Waals surface area contributed by atoms with Crippen molar-refractivity contribution in [3.63, 3.8) is 0 Å². The van der Waals surface area contributed by atoms with Gasteiger partial charge in [0.15, 0.2) is 6.20 Å². The first kappa shape index (κ1) is 11.2. The largest absolute Gasteiger partial charge is 0.220 e. The summed E-state index contributed by atoms with van der Waals surface area (Å²) in [4.78, 5) is 0. The lowest BCUT2D eigenvalue weighted by atomic mass is 9.93. The predicted molar refractivity (Wildman–Crippen MR) is 76.8 cm³/mol. The molecule has 0 amide bonds. The third-order valence-corrected chi connectivity index (χ3v) is 4.06. The van der Waals surface area contributed by atoms with Crippen LogP contribution in [-0.4, -0.2) is 0 Å². The van der Waals surface area contributed by atoms with E-state index in [0.29, 0.717) is 0 Å². The van der Waals surface area contributed by atoms with Gasteiger partial charge in [0.2, 0.25) is 5.52 Å². The zero-order chi connectivity index (χ0) is 12.9. The number of nitrogens with zero attached hydrogens (tertiary/aromatic N) is 1. The van der Waals surface area contributed by atoms with Crippen LogP contribution < -0.4 is 4.57 Å². The van der Waals surface area contributed by atoms with Gasteiger partial charge in [-0.15, -0.1) is 0 Å². The average Bonchev–Trinajstić information content (AvgIpc) is 2.36. The van der Waals surface area contributed by atoms with E-state index < -0.39 is 0 Å². The second kappa shape index (κ2) is 3.81. The Morgan fingerprint density at radius 1 is 0.833 bits per heavy atom. The Morgan fingerprint density at radius 3 is 2.28 bits per heavy atom. The summed E-state index contributed by atoms with van der Waals surface area (Å²) in [6.45, 7) is 6.65. The van der Waals surface area contributed by atoms with Crippen LogP contribution in [0.25, 0.3) is 21.7 Å². The fourth-order valence-corrected chi connectivity index (χ4v) is 2.92. The molecule has 0 spiro atoms. The minimum Gasteiger partial charge on any atom is -0.200 e. The molecule has 0 atom stereocenters. The molecule has 0 N–H and O–H groups in total. The molecule has 3 aromatic rings. The van der Waals surface area contributed by atoms with Crippen LogP contribution in [0, 0.1) is 20.8 Å². The topological polar surface area (TPSA) is 3.88 Å². The Bertz CT molecular complexity index is 703. The van der Waals surface area contributed by atoms with E-state index >= 15 is 0 Å². The zero-order valence-electron chi connectivity index (χ0n) is 11.4. The third kappa shape index (κ3) is 1.37. The molecular formula is C17H18N+. The monoisotopic (exact) mass is 236 g/mol. The zero-order valence-corrected chi connectivity index (χ0v) is 11.4. The maximum absolute atomic E-state index is 2.23. The van der Waals surface area contributed by atoms with E-state index in [9.17, 15) is 0 Å². The number of aryl methyl sites for hydroxylation is 4. The van der Waals surface area contributed by atoms with E-state index in [-0.39, 0.29) is 0 Å². The molecule has 1 aromatic heterocycles. The molecule has 0 aliphatic heterocycles. The maximum atomic E-state index is 2.23. The van der Waals surface area contributed by atoms with Crippen LogP contribution in [0.4, 0.5) is 0 Å². The molecule has 1 heterocycles. The summed E-state index contributed by atoms with van der Waals surface area (Å²) in [6, 6.07) is 10.9. The second-order valence-corrected chi connectivity index (χ2v) is 5.13. The molecule has 2 aromatic carbocycles. The lowest BCUT2D eigenvalue weighted by Gasteiger charge is -2.11. The summed E-state index contributed by atoms with van der Waals surface area (Å²) in [5, 5.41) is 4.12. The smallest absolute Gasteiger partial charge is 0.200 e. The lowest BCUT2D eigenvalue weighted by molar-refractivity contribution is -0.644. The van der Waals surface area contributed by atoms with Crippen molar-refractivity contribution in [2.75, 3.05) is 0 Å². The third-order valence-electron chi connectivity index (χ3n) is 4.06. The predicted octanol–water partition coefficient (Wildman–Crippen LogP) is 3.74. The van der Waals surface area contributed by atoms with Gasteiger partial charge < -0.3 is 0 Å². The first-order valence-corrected chi connectivity index (χ1v) is 6.38. The number of benzene rings is 2. The minimum absolute atomic E-state index is 1.34. The van der Waals surface area contributed by atoms with Gasteiger partial charge in [-0.25, -0.2) is 4.57 Å². The van der Waals surface area contributed by atoms with E-state index in [1.807, 2.05) is 0 Å². The molecule has 0 saturated heterocycles. The molecule has 0 fully saturated rings. The highest BCUT2D eigenvalue weighted by Gasteiger charge is 2.16. The van der Waals surface area contributed by atoms with E-state index in [2.05, 4.69) is 68.9 Å². The van der Waals surface area contributed by atoms with Crippen molar-refractivity contribution in [3.8, 4) is 0 Å². The van der Waals surface area contributed by atoms with Crippen LogP contribution in [0.15, 0.2) is 36.5 Å². The quantitative estimate of drug-likeness (QED) is 0.413. The van der Waals surface area contributed by atoms with Crippen molar-refractivity contribution in [2.45, 2.75) is 20.8 Å². The molecule has 90 valence electrons. The number of fused-ring (bicyclic) bond motifs is 3. The maximum Gasteiger partial charge on any atom is 0.220 e. The Hall–Kier alpha value is -1.89. The Kier molecular flexibility index (Phi) is 2.37. The highest BCUT2D eigenvalue weighted by molar-refractivity contribution is 6.08. The van der Waals surface area contributed by atoms with E-state index in [4.69, 9.17) is 0 Å². The van der Waals surface area contributed by atoms with Crippen molar-refractivity contribution in [2.24, 2.45) is 7.05 Å². The molecule has 0 bridgehead atoms. The van der Waals surface area contributed by atoms with Crippen LogP contribution in [0.1, 0.15) is 16.7 Å². The SMILES string of the molecule is Cc1c(C)c2ccc[n+](C)c2c2c(C)cccc12. The summed E-state index contributed by atoms with van der Waals surface area (Å²) < 4.78 is 2.23. The molecule has 0 saturated carbocycles. The van der Waals surface area contributed by atoms with Gasteiger partial charge >= 0.3 is 0 Å². The second-order valence-electron chi connectivity index (χ2n) is 5.13. The Balaban J connectivity index is 2.75. The van der Waals surface area contributed by atoms with Crippen molar-refractivity contribution in [1.29, 1.82) is 0 Å². The first-order valence-electron chi connectivity index (χ1n) is 6.38. The van der Waals surface area contributed by atoms with Gasteiger partial charge in [0.1, 0.15) is 7.05 Å². The standard InChI is InChI=1S/C17H18N/c1-11-7-5-8-14-12(2)13(3)15-9-6-10-18(4)17(15)16(11)14/h5-10H,1-4H3/q+1. The number of aromatic nitrogens is 1. The summed E-state index contributed by atoms with van der Waals surface area (Å²) >= 11 is 0. The van der Waals surface area contributed by atoms with Crippen LogP contribution in [0.3, 0.4) is 0 Å². The fraction of sp³-hybridized carbons (Fsp3) is 0.235. The summed E-state index contributed by atoms with van der Waals surface area (Å²) in [6.07, 6.45) is 2.13. The van der Waals surface area contributed by atoms with Crippen LogP contribution >= 0.6 is 0 Å². The molecular weight excluding hydrogens is 218 g/mol. The molecule has 0 radical (unpaired) electrons. The van der Waals surface area contributed by atoms with E-state index in [0.717, 1.165) is 0 Å². The molecule has 1 heteroatoms. The fourth-order valence-electron chi connectivity index (χ4n) is 2.92. The molecule has 1 nitrogen and oxygen atoms in total. The Morgan fingerprint density at radius 2 is 1.50 bits per heavy atom. The van der Waals surface area contributed by atoms with Crippen molar-refractivity contribution < 1.29 is 4.57 Å². The van der Waals surface area contributed by atoms with E-state index in [1.165, 1.54) is 38.4 Å². The summed E-state index contributed by atoms with van der Waals surface area (Å²) in [5.74, 6) is 0. The Labute approximate surface area is 108 Å². The van der Waals surface area contributed by atoms with Gasteiger partial charge in [-0.3, -0.25) is 0 Å². The summed E-state index contributed by atoms with van der Waals surface area (Å²) in [5.41, 5.74) is 5.47. The van der Waals surface area contributed by atoms with Gasteiger partial charge in [-0.1, -0.05) is 18.2 Å². The molecule has 0 aliphatic rings. The minimum atomic E-state index is 1.34. The molecule has 0 unspecified atom stereocenters. The normalized spacial score (nSPS) is 11.3. The number of hydrogen-bond acceptors (Lipinski definition) is 0. The van der Waals surface area contributed by atoms with Crippen molar-refractivity contribution in [3.05, 3.63) is 53.2 Å². The first-order chi connectivity index (χ1) is 8.61. The van der Waals surface area contributed by atoms with Crippen LogP contribution in [0.5, 0.6) is 0 Å². The number of pyridine rings is 1. The van der Waals surface area contributed by atoms with Gasteiger partial charge in [0, 0.05) is 6.07 Å². The lowest BCUT2D eigenvalue weighted by Crippen LogP contribution is -2.28. The highest BCUT2D eigenvalue weighted by atomic mass is 14.9. The number of hydrogen-bond donors (Lipinski definition) is 0. The van der Waals surface area contributed by atoms with E-state index in [1.54, 1.807) is 0 Å². The summed E-state index contributed by atoms with van der Waals surface area (Å²) in [7, 11) is 2.13. The number of rotatable bonds is 0. The van der Waals surface area contributed by atoms with Gasteiger partial charge in [-0.05, 0) is 48.9 Å². The molecule has 3 rings (SSSR count). The van der Waals surface area contributed by atoms with Crippen LogP contribution in [0.2, 0.25) is 0 Å². The molecule has 18 heavy (non-hydrogen) atoms. The van der Waals surface area contributed by atoms with Gasteiger partial charge in [0.25, 0.3) is 0 Å². The van der Waals surface area contributed by atoms with Gasteiger partial charge in [0.05, 0.1) is 10.8 Å².